The average Bonchev–Trinajstić information content (AvgIpc) is 3.03. The Balaban J connectivity index is 1.38. The number of rotatable bonds is 11. The first-order chi connectivity index (χ1) is 21.6. The van der Waals surface area contributed by atoms with Gasteiger partial charge >= 0.3 is 0 Å². The normalized spacial score (nSPS) is 18.0. The molecular weight excluding hydrogens is 588 g/mol. The van der Waals surface area contributed by atoms with Gasteiger partial charge in [-0.1, -0.05) is 23.7 Å². The van der Waals surface area contributed by atoms with E-state index < -0.39 is 0 Å². The van der Waals surface area contributed by atoms with Crippen LogP contribution in [0.25, 0.3) is 11.1 Å². The minimum atomic E-state index is -0.00188. The van der Waals surface area contributed by atoms with Gasteiger partial charge in [0.15, 0.2) is 11.5 Å². The monoisotopic (exact) mass is 632 g/mol. The summed E-state index contributed by atoms with van der Waals surface area (Å²) in [6.45, 7) is 5.72. The zero-order chi connectivity index (χ0) is 32.1. The van der Waals surface area contributed by atoms with Crippen molar-refractivity contribution in [1.29, 1.82) is 0 Å². The van der Waals surface area contributed by atoms with Crippen LogP contribution in [0.15, 0.2) is 54.6 Å². The van der Waals surface area contributed by atoms with Gasteiger partial charge in [0.05, 0.1) is 38.4 Å². The Labute approximate surface area is 272 Å². The van der Waals surface area contributed by atoms with E-state index in [0.29, 0.717) is 41.6 Å². The molecule has 8 nitrogen and oxygen atoms in total. The number of carbonyl (C=O) groups is 2. The van der Waals surface area contributed by atoms with E-state index in [4.69, 9.17) is 21.1 Å². The van der Waals surface area contributed by atoms with Gasteiger partial charge in [-0.2, -0.15) is 0 Å². The number of hydrogen-bond donors (Lipinski definition) is 2. The van der Waals surface area contributed by atoms with Crippen molar-refractivity contribution in [3.63, 3.8) is 0 Å². The number of nitrogens with zero attached hydrogens (tertiary/aromatic N) is 2. The largest absolute Gasteiger partial charge is 0.493 e. The second-order valence-corrected chi connectivity index (χ2v) is 12.9. The topological polar surface area (TPSA) is 83.1 Å². The second kappa shape index (κ2) is 14.6. The molecule has 45 heavy (non-hydrogen) atoms. The number of carbonyl (C=O) groups excluding carboxylic acids is 2. The van der Waals surface area contributed by atoms with Crippen LogP contribution in [0.5, 0.6) is 11.5 Å². The molecule has 0 atom stereocenters. The lowest BCUT2D eigenvalue weighted by Gasteiger charge is -2.34. The van der Waals surface area contributed by atoms with Gasteiger partial charge in [-0.15, -0.1) is 0 Å². The maximum atomic E-state index is 13.7. The number of fused-ring (bicyclic) bond motifs is 1. The van der Waals surface area contributed by atoms with Gasteiger partial charge in [-0.25, -0.2) is 0 Å². The predicted molar refractivity (Wildman–Crippen MR) is 182 cm³/mol. The molecule has 3 aromatic rings. The molecule has 2 amide bonds. The van der Waals surface area contributed by atoms with Crippen molar-refractivity contribution in [3.05, 3.63) is 70.7 Å². The van der Waals surface area contributed by atoms with Crippen molar-refractivity contribution in [1.82, 2.24) is 10.6 Å². The summed E-state index contributed by atoms with van der Waals surface area (Å²) in [5.74, 6) is 1.96. The molecule has 1 saturated carbocycles. The number of methoxy groups -OCH3 is 1. The Bertz CT molecular complexity index is 1520. The van der Waals surface area contributed by atoms with Crippen LogP contribution >= 0.6 is 11.6 Å². The molecule has 5 rings (SSSR count). The zero-order valence-corrected chi connectivity index (χ0v) is 27.7. The number of nitrogens with one attached hydrogen (secondary N) is 2. The second-order valence-electron chi connectivity index (χ2n) is 12.5. The third kappa shape index (κ3) is 7.92. The number of ether oxygens (including phenoxy) is 2. The highest BCUT2D eigenvalue weighted by molar-refractivity contribution is 6.30. The molecule has 0 aromatic heterocycles. The molecule has 1 fully saturated rings. The molecule has 1 aliphatic heterocycles. The lowest BCUT2D eigenvalue weighted by atomic mass is 9.85. The van der Waals surface area contributed by atoms with E-state index in [1.807, 2.05) is 55.1 Å². The minimum absolute atomic E-state index is 0.00188. The van der Waals surface area contributed by atoms with Crippen molar-refractivity contribution in [3.8, 4) is 22.6 Å². The highest BCUT2D eigenvalue weighted by Crippen LogP contribution is 2.40. The van der Waals surface area contributed by atoms with Crippen LogP contribution in [-0.4, -0.2) is 58.3 Å². The molecule has 0 saturated heterocycles. The van der Waals surface area contributed by atoms with Crippen LogP contribution < -0.4 is 29.9 Å². The van der Waals surface area contributed by atoms with Gasteiger partial charge in [0, 0.05) is 43.0 Å². The zero-order valence-electron chi connectivity index (χ0n) is 27.0. The molecule has 1 heterocycles. The highest BCUT2D eigenvalue weighted by Gasteiger charge is 2.29. The van der Waals surface area contributed by atoms with Crippen LogP contribution in [0, 0.1) is 5.92 Å². The number of hydrogen-bond acceptors (Lipinski definition) is 6. The smallest absolute Gasteiger partial charge is 0.233 e. The maximum Gasteiger partial charge on any atom is 0.233 e. The predicted octanol–water partition coefficient (Wildman–Crippen LogP) is 6.22. The highest BCUT2D eigenvalue weighted by atomic mass is 35.5. The van der Waals surface area contributed by atoms with E-state index in [1.165, 1.54) is 0 Å². The Kier molecular flexibility index (Phi) is 10.6. The minimum Gasteiger partial charge on any atom is -0.493 e. The molecule has 1 aliphatic carbocycles. The number of benzene rings is 3. The summed E-state index contributed by atoms with van der Waals surface area (Å²) in [4.78, 5) is 29.5. The maximum absolute atomic E-state index is 13.7. The molecule has 240 valence electrons. The van der Waals surface area contributed by atoms with Gasteiger partial charge < -0.3 is 29.9 Å². The molecule has 9 heteroatoms. The summed E-state index contributed by atoms with van der Waals surface area (Å²) in [7, 11) is 5.43. The fourth-order valence-corrected chi connectivity index (χ4v) is 6.64. The Morgan fingerprint density at radius 2 is 1.80 bits per heavy atom. The lowest BCUT2D eigenvalue weighted by molar-refractivity contribution is -0.120. The van der Waals surface area contributed by atoms with Crippen molar-refractivity contribution in [2.24, 2.45) is 5.92 Å². The summed E-state index contributed by atoms with van der Waals surface area (Å²) in [6.07, 6.45) is 4.64. The van der Waals surface area contributed by atoms with Gasteiger partial charge in [0.25, 0.3) is 0 Å². The SMILES string of the molecule is CNC(=O)CNC1CCC(CN(C)c2ccc(N3Cc4cc(OC(C)C)c(OC)cc4CC3=O)c(-c3cccc(Cl)c3)c2)CC1. The summed E-state index contributed by atoms with van der Waals surface area (Å²) in [6, 6.07) is 18.5. The standard InChI is InChI=1S/C36H45ClN4O4/c1-23(2)45-34-17-27-22-41(36(43)18-26(27)16-33(34)44-5)32-14-13-30(19-31(32)25-7-6-8-28(37)15-25)40(4)21-24-9-11-29(12-10-24)39-20-35(42)38-3/h6-8,13-17,19,23-24,29,39H,9-12,18,20-22H2,1-5H3,(H,38,42). The molecule has 0 bridgehead atoms. The fraction of sp³-hybridized carbons (Fsp3) is 0.444. The lowest BCUT2D eigenvalue weighted by Crippen LogP contribution is -2.41. The first-order valence-electron chi connectivity index (χ1n) is 15.9. The van der Waals surface area contributed by atoms with Gasteiger partial charge in [-0.05, 0) is 105 Å². The summed E-state index contributed by atoms with van der Waals surface area (Å²) < 4.78 is 11.6. The van der Waals surface area contributed by atoms with Crippen LogP contribution in [0.1, 0.15) is 50.7 Å². The first-order valence-corrected chi connectivity index (χ1v) is 16.2. The summed E-state index contributed by atoms with van der Waals surface area (Å²) >= 11 is 6.46. The molecule has 3 aromatic carbocycles. The number of amides is 2. The molecular formula is C36H45ClN4O4. The Morgan fingerprint density at radius 3 is 2.49 bits per heavy atom. The van der Waals surface area contributed by atoms with Crippen LogP contribution in [0.2, 0.25) is 5.02 Å². The third-order valence-electron chi connectivity index (χ3n) is 8.88. The molecule has 2 aliphatic rings. The van der Waals surface area contributed by atoms with E-state index in [0.717, 1.165) is 65.9 Å². The first kappa shape index (κ1) is 32.6. The molecule has 0 radical (unpaired) electrons. The van der Waals surface area contributed by atoms with E-state index >= 15 is 0 Å². The van der Waals surface area contributed by atoms with E-state index in [2.05, 4.69) is 40.8 Å². The van der Waals surface area contributed by atoms with Crippen molar-refractivity contribution in [2.45, 2.75) is 64.6 Å². The summed E-state index contributed by atoms with van der Waals surface area (Å²) in [5.41, 5.74) is 5.89. The Hall–Kier alpha value is -3.75. The van der Waals surface area contributed by atoms with Crippen LogP contribution in [-0.2, 0) is 22.6 Å². The van der Waals surface area contributed by atoms with Gasteiger partial charge in [0.1, 0.15) is 0 Å². The van der Waals surface area contributed by atoms with Crippen LogP contribution in [0.3, 0.4) is 0 Å². The van der Waals surface area contributed by atoms with E-state index in [9.17, 15) is 9.59 Å². The van der Waals surface area contributed by atoms with Crippen LogP contribution in [0.4, 0.5) is 11.4 Å². The Morgan fingerprint density at radius 1 is 1.04 bits per heavy atom. The molecule has 0 unspecified atom stereocenters. The van der Waals surface area contributed by atoms with E-state index in [1.54, 1.807) is 14.2 Å². The number of likely N-dealkylation sites (N-methyl/N-ethyl adjacent to an activating group) is 1. The van der Waals surface area contributed by atoms with Gasteiger partial charge in [0.2, 0.25) is 11.8 Å². The fourth-order valence-electron chi connectivity index (χ4n) is 6.45. The molecule has 2 N–H and O–H groups in total. The van der Waals surface area contributed by atoms with Crippen molar-refractivity contribution < 1.29 is 19.1 Å². The number of anilines is 2. The van der Waals surface area contributed by atoms with E-state index in [-0.39, 0.29) is 24.3 Å². The van der Waals surface area contributed by atoms with Crippen molar-refractivity contribution in [2.75, 3.05) is 44.1 Å². The molecule has 0 spiro atoms. The average molecular weight is 633 g/mol. The van der Waals surface area contributed by atoms with Crippen molar-refractivity contribution >= 4 is 34.8 Å². The van der Waals surface area contributed by atoms with Gasteiger partial charge in [-0.3, -0.25) is 9.59 Å². The quantitative estimate of drug-likeness (QED) is 0.261. The number of halogens is 1. The third-order valence-corrected chi connectivity index (χ3v) is 9.11. The summed E-state index contributed by atoms with van der Waals surface area (Å²) in [5, 5.41) is 6.71.